The Hall–Kier alpha value is -2.76. The average molecular weight is 467 g/mol. The minimum atomic E-state index is -3.87. The van der Waals surface area contributed by atoms with E-state index in [1.54, 1.807) is 24.3 Å². The van der Waals surface area contributed by atoms with Crippen molar-refractivity contribution < 1.29 is 31.2 Å². The van der Waals surface area contributed by atoms with Crippen molar-refractivity contribution in [2.45, 2.75) is 23.9 Å². The summed E-state index contributed by atoms with van der Waals surface area (Å²) in [4.78, 5) is 24.0. The van der Waals surface area contributed by atoms with E-state index in [2.05, 4.69) is 10.0 Å². The molecule has 0 radical (unpaired) electrons. The van der Waals surface area contributed by atoms with Gasteiger partial charge < -0.3 is 10.1 Å². The summed E-state index contributed by atoms with van der Waals surface area (Å²) in [5.74, 6) is -1.61. The number of esters is 1. The maximum atomic E-state index is 12.5. The van der Waals surface area contributed by atoms with E-state index in [1.165, 1.54) is 18.2 Å². The summed E-state index contributed by atoms with van der Waals surface area (Å²) in [6.07, 6.45) is 0.317. The average Bonchev–Trinajstić information content (AvgIpc) is 3.09. The summed E-state index contributed by atoms with van der Waals surface area (Å²) in [5.41, 5.74) is 0.751. The normalized spacial score (nSPS) is 17.7. The number of sulfonamides is 1. The van der Waals surface area contributed by atoms with Gasteiger partial charge in [0.25, 0.3) is 5.91 Å². The fourth-order valence-electron chi connectivity index (χ4n) is 3.04. The molecule has 1 aliphatic rings. The van der Waals surface area contributed by atoms with Crippen LogP contribution >= 0.6 is 0 Å². The second-order valence-electron chi connectivity index (χ2n) is 7.08. The third-order valence-corrected chi connectivity index (χ3v) is 7.79. The first-order chi connectivity index (χ1) is 14.6. The van der Waals surface area contributed by atoms with E-state index in [0.29, 0.717) is 6.42 Å². The Labute approximate surface area is 180 Å². The van der Waals surface area contributed by atoms with Crippen molar-refractivity contribution >= 4 is 31.7 Å². The Morgan fingerprint density at radius 3 is 2.48 bits per heavy atom. The minimum Gasteiger partial charge on any atom is -0.452 e. The highest BCUT2D eigenvalue weighted by Crippen LogP contribution is 2.14. The van der Waals surface area contributed by atoms with Crippen LogP contribution in [-0.4, -0.2) is 52.9 Å². The van der Waals surface area contributed by atoms with E-state index in [0.717, 1.165) is 11.6 Å². The van der Waals surface area contributed by atoms with Crippen LogP contribution in [0.15, 0.2) is 59.5 Å². The zero-order chi connectivity index (χ0) is 22.5. The smallest absolute Gasteiger partial charge is 0.338 e. The van der Waals surface area contributed by atoms with Gasteiger partial charge in [-0.1, -0.05) is 36.4 Å². The van der Waals surface area contributed by atoms with Gasteiger partial charge in [0.05, 0.1) is 22.0 Å². The lowest BCUT2D eigenvalue weighted by molar-refractivity contribution is -0.124. The molecule has 0 aromatic heterocycles. The molecule has 1 saturated heterocycles. The summed E-state index contributed by atoms with van der Waals surface area (Å²) in [7, 11) is -7.01. The molecule has 9 nitrogen and oxygen atoms in total. The molecule has 3 rings (SSSR count). The Morgan fingerprint density at radius 2 is 1.81 bits per heavy atom. The number of amides is 1. The van der Waals surface area contributed by atoms with Crippen molar-refractivity contribution in [2.24, 2.45) is 0 Å². The maximum absolute atomic E-state index is 12.5. The van der Waals surface area contributed by atoms with Gasteiger partial charge in [0.15, 0.2) is 16.4 Å². The van der Waals surface area contributed by atoms with Crippen LogP contribution in [0, 0.1) is 0 Å². The molecule has 0 saturated carbocycles. The Balaban J connectivity index is 1.56. The first kappa shape index (κ1) is 22.9. The van der Waals surface area contributed by atoms with Gasteiger partial charge in [-0.3, -0.25) is 4.79 Å². The molecule has 2 N–H and O–H groups in total. The zero-order valence-electron chi connectivity index (χ0n) is 16.5. The van der Waals surface area contributed by atoms with Gasteiger partial charge in [-0.25, -0.2) is 26.4 Å². The summed E-state index contributed by atoms with van der Waals surface area (Å²) in [6.45, 7) is -0.506. The molecule has 1 atom stereocenters. The van der Waals surface area contributed by atoms with E-state index in [4.69, 9.17) is 4.74 Å². The molecule has 0 spiro atoms. The van der Waals surface area contributed by atoms with Gasteiger partial charge in [-0.05, 0) is 30.2 Å². The Morgan fingerprint density at radius 1 is 1.06 bits per heavy atom. The first-order valence-corrected chi connectivity index (χ1v) is 12.8. The number of ether oxygens (including phenoxy) is 1. The molecule has 0 aliphatic carbocycles. The van der Waals surface area contributed by atoms with Gasteiger partial charge in [-0.15, -0.1) is 0 Å². The zero-order valence-corrected chi connectivity index (χ0v) is 18.1. The lowest BCUT2D eigenvalue weighted by Crippen LogP contribution is -2.38. The van der Waals surface area contributed by atoms with Crippen LogP contribution in [0.4, 0.5) is 0 Å². The number of hydrogen-bond acceptors (Lipinski definition) is 7. The molecule has 0 bridgehead atoms. The van der Waals surface area contributed by atoms with Crippen molar-refractivity contribution in [3.63, 3.8) is 0 Å². The maximum Gasteiger partial charge on any atom is 0.338 e. The third kappa shape index (κ3) is 6.61. The van der Waals surface area contributed by atoms with Crippen molar-refractivity contribution in [3.8, 4) is 0 Å². The number of rotatable bonds is 8. The molecule has 11 heteroatoms. The quantitative estimate of drug-likeness (QED) is 0.545. The van der Waals surface area contributed by atoms with E-state index in [1.807, 2.05) is 6.07 Å². The van der Waals surface area contributed by atoms with E-state index < -0.39 is 44.4 Å². The van der Waals surface area contributed by atoms with Crippen LogP contribution < -0.4 is 10.0 Å². The van der Waals surface area contributed by atoms with Crippen LogP contribution in [0.3, 0.4) is 0 Å². The van der Waals surface area contributed by atoms with Crippen molar-refractivity contribution in [3.05, 3.63) is 65.7 Å². The number of benzene rings is 2. The van der Waals surface area contributed by atoms with Gasteiger partial charge in [0, 0.05) is 12.6 Å². The van der Waals surface area contributed by atoms with Crippen LogP contribution in [0.25, 0.3) is 0 Å². The topological polar surface area (TPSA) is 136 Å². The van der Waals surface area contributed by atoms with Crippen molar-refractivity contribution in [1.82, 2.24) is 10.0 Å². The number of sulfone groups is 1. The lowest BCUT2D eigenvalue weighted by atomic mass is 10.2. The van der Waals surface area contributed by atoms with Gasteiger partial charge in [0.2, 0.25) is 10.0 Å². The number of carbonyl (C=O) groups is 2. The molecular weight excluding hydrogens is 444 g/mol. The lowest BCUT2D eigenvalue weighted by Gasteiger charge is -2.11. The summed E-state index contributed by atoms with van der Waals surface area (Å²) in [6, 6.07) is 13.8. The summed E-state index contributed by atoms with van der Waals surface area (Å²) in [5, 5.41) is 2.51. The van der Waals surface area contributed by atoms with Gasteiger partial charge in [0.1, 0.15) is 0 Å². The molecule has 2 aromatic rings. The van der Waals surface area contributed by atoms with Gasteiger partial charge in [-0.2, -0.15) is 0 Å². The first-order valence-electron chi connectivity index (χ1n) is 9.45. The SMILES string of the molecule is O=C(COC(=O)c1cccc(S(=O)(=O)NCc2ccccc2)c1)NC1CCS(=O)(=O)C1. The van der Waals surface area contributed by atoms with Crippen LogP contribution in [0.5, 0.6) is 0 Å². The summed E-state index contributed by atoms with van der Waals surface area (Å²) >= 11 is 0. The predicted octanol–water partition coefficient (Wildman–Crippen LogP) is 0.625. The van der Waals surface area contributed by atoms with E-state index in [-0.39, 0.29) is 28.5 Å². The highest BCUT2D eigenvalue weighted by atomic mass is 32.2. The molecule has 1 aliphatic heterocycles. The van der Waals surface area contributed by atoms with Crippen LogP contribution in [-0.2, 0) is 35.9 Å². The fraction of sp³-hybridized carbons (Fsp3) is 0.300. The van der Waals surface area contributed by atoms with Crippen molar-refractivity contribution in [1.29, 1.82) is 0 Å². The molecule has 1 fully saturated rings. The molecule has 1 unspecified atom stereocenters. The van der Waals surface area contributed by atoms with Crippen molar-refractivity contribution in [2.75, 3.05) is 18.1 Å². The second kappa shape index (κ2) is 9.58. The standard InChI is InChI=1S/C20H22N2O7S2/c23-19(22-17-9-10-30(25,26)14-17)13-29-20(24)16-7-4-8-18(11-16)31(27,28)21-12-15-5-2-1-3-6-15/h1-8,11,17,21H,9-10,12-14H2,(H,22,23). The van der Waals surface area contributed by atoms with Crippen LogP contribution in [0.1, 0.15) is 22.3 Å². The minimum absolute atomic E-state index is 0.0112. The molecule has 166 valence electrons. The molecule has 31 heavy (non-hydrogen) atoms. The summed E-state index contributed by atoms with van der Waals surface area (Å²) < 4.78 is 55.3. The fourth-order valence-corrected chi connectivity index (χ4v) is 5.78. The highest BCUT2D eigenvalue weighted by molar-refractivity contribution is 7.91. The monoisotopic (exact) mass is 466 g/mol. The number of carbonyl (C=O) groups excluding carboxylic acids is 2. The second-order valence-corrected chi connectivity index (χ2v) is 11.1. The highest BCUT2D eigenvalue weighted by Gasteiger charge is 2.29. The molecule has 1 heterocycles. The van der Waals surface area contributed by atoms with E-state index in [9.17, 15) is 26.4 Å². The predicted molar refractivity (Wildman–Crippen MR) is 112 cm³/mol. The molecule has 2 aromatic carbocycles. The number of hydrogen-bond donors (Lipinski definition) is 2. The Bertz CT molecular complexity index is 1160. The van der Waals surface area contributed by atoms with Gasteiger partial charge >= 0.3 is 5.97 Å². The largest absolute Gasteiger partial charge is 0.452 e. The number of nitrogens with one attached hydrogen (secondary N) is 2. The molecular formula is C20H22N2O7S2. The Kier molecular flexibility index (Phi) is 7.08. The van der Waals surface area contributed by atoms with E-state index >= 15 is 0 Å². The molecule has 1 amide bonds. The third-order valence-electron chi connectivity index (χ3n) is 4.62. The van der Waals surface area contributed by atoms with Crippen LogP contribution in [0.2, 0.25) is 0 Å².